The van der Waals surface area contributed by atoms with E-state index in [2.05, 4.69) is 24.9 Å². The van der Waals surface area contributed by atoms with Crippen LogP contribution in [0.3, 0.4) is 0 Å². The van der Waals surface area contributed by atoms with Gasteiger partial charge in [0.2, 0.25) is 0 Å². The Balaban J connectivity index is 2.59. The molecule has 1 rings (SSSR count). The molecule has 0 unspecified atom stereocenters. The van der Waals surface area contributed by atoms with Crippen LogP contribution in [0.2, 0.25) is 0 Å². The van der Waals surface area contributed by atoms with E-state index in [4.69, 9.17) is 15.9 Å². The van der Waals surface area contributed by atoms with Crippen molar-refractivity contribution in [2.45, 2.75) is 19.9 Å². The molecule has 0 saturated heterocycles. The number of benzene rings is 1. The van der Waals surface area contributed by atoms with Gasteiger partial charge in [-0.2, -0.15) is 0 Å². The van der Waals surface area contributed by atoms with E-state index in [1.807, 2.05) is 12.1 Å². The number of nitrogens with zero attached hydrogens (tertiary/aromatic N) is 1. The van der Waals surface area contributed by atoms with Crippen molar-refractivity contribution >= 4 is 5.84 Å². The van der Waals surface area contributed by atoms with Crippen molar-refractivity contribution < 1.29 is 4.74 Å². The number of nitrogens with one attached hydrogen (secondary N) is 1. The van der Waals surface area contributed by atoms with E-state index < -0.39 is 0 Å². The SMILES string of the molecule is COCCCN(C)Cc1ccc(C(=N)N)cc1C. The Morgan fingerprint density at radius 1 is 1.44 bits per heavy atom. The number of amidine groups is 1. The minimum atomic E-state index is 0.123. The van der Waals surface area contributed by atoms with Crippen molar-refractivity contribution in [1.82, 2.24) is 4.90 Å². The molecule has 0 atom stereocenters. The molecule has 0 fully saturated rings. The summed E-state index contributed by atoms with van der Waals surface area (Å²) in [5.41, 5.74) is 8.72. The zero-order valence-electron chi connectivity index (χ0n) is 11.5. The number of nitrogens with two attached hydrogens (primary N) is 1. The van der Waals surface area contributed by atoms with E-state index in [0.29, 0.717) is 0 Å². The van der Waals surface area contributed by atoms with Crippen molar-refractivity contribution in [3.05, 3.63) is 34.9 Å². The predicted molar refractivity (Wildman–Crippen MR) is 75.0 cm³/mol. The molecule has 4 heteroatoms. The molecule has 100 valence electrons. The molecule has 1 aromatic carbocycles. The van der Waals surface area contributed by atoms with E-state index in [1.54, 1.807) is 7.11 Å². The van der Waals surface area contributed by atoms with Crippen molar-refractivity contribution in [3.63, 3.8) is 0 Å². The zero-order chi connectivity index (χ0) is 13.5. The molecule has 0 aliphatic carbocycles. The van der Waals surface area contributed by atoms with Gasteiger partial charge in [-0.3, -0.25) is 5.41 Å². The van der Waals surface area contributed by atoms with Crippen LogP contribution in [0.4, 0.5) is 0 Å². The largest absolute Gasteiger partial charge is 0.385 e. The van der Waals surface area contributed by atoms with Crippen LogP contribution >= 0.6 is 0 Å². The fourth-order valence-electron chi connectivity index (χ4n) is 1.89. The summed E-state index contributed by atoms with van der Waals surface area (Å²) in [6.45, 7) is 4.78. The van der Waals surface area contributed by atoms with E-state index in [0.717, 1.165) is 31.7 Å². The van der Waals surface area contributed by atoms with Gasteiger partial charge in [0.15, 0.2) is 0 Å². The number of methoxy groups -OCH3 is 1. The first-order valence-electron chi connectivity index (χ1n) is 6.16. The second-order valence-electron chi connectivity index (χ2n) is 4.64. The third kappa shape index (κ3) is 4.47. The minimum Gasteiger partial charge on any atom is -0.385 e. The normalized spacial score (nSPS) is 10.9. The maximum atomic E-state index is 7.41. The molecular weight excluding hydrogens is 226 g/mol. The van der Waals surface area contributed by atoms with Crippen LogP contribution in [-0.2, 0) is 11.3 Å². The third-order valence-corrected chi connectivity index (χ3v) is 2.98. The van der Waals surface area contributed by atoms with Crippen LogP contribution < -0.4 is 5.73 Å². The van der Waals surface area contributed by atoms with E-state index >= 15 is 0 Å². The van der Waals surface area contributed by atoms with Gasteiger partial charge in [0.05, 0.1) is 0 Å². The van der Waals surface area contributed by atoms with Gasteiger partial charge in [0.25, 0.3) is 0 Å². The molecule has 0 radical (unpaired) electrons. The average Bonchev–Trinajstić information content (AvgIpc) is 2.32. The van der Waals surface area contributed by atoms with Gasteiger partial charge in [-0.25, -0.2) is 0 Å². The maximum absolute atomic E-state index is 7.41. The second kappa shape index (κ2) is 7.13. The van der Waals surface area contributed by atoms with Crippen molar-refractivity contribution in [3.8, 4) is 0 Å². The first-order chi connectivity index (χ1) is 8.54. The van der Waals surface area contributed by atoms with Crippen LogP contribution in [0.15, 0.2) is 18.2 Å². The third-order valence-electron chi connectivity index (χ3n) is 2.98. The fourth-order valence-corrected chi connectivity index (χ4v) is 1.89. The average molecular weight is 249 g/mol. The predicted octanol–water partition coefficient (Wildman–Crippen LogP) is 1.75. The van der Waals surface area contributed by atoms with E-state index in [9.17, 15) is 0 Å². The van der Waals surface area contributed by atoms with Crippen LogP contribution in [-0.4, -0.2) is 38.0 Å². The van der Waals surface area contributed by atoms with Gasteiger partial charge in [-0.05, 0) is 37.6 Å². The molecule has 1 aromatic rings. The maximum Gasteiger partial charge on any atom is 0.122 e. The first-order valence-corrected chi connectivity index (χ1v) is 6.16. The molecule has 18 heavy (non-hydrogen) atoms. The summed E-state index contributed by atoms with van der Waals surface area (Å²) in [4.78, 5) is 2.27. The number of aryl methyl sites for hydroxylation is 1. The standard InChI is InChI=1S/C14H23N3O/c1-11-9-12(14(15)16)5-6-13(11)10-17(2)7-4-8-18-3/h5-6,9H,4,7-8,10H2,1-3H3,(H3,15,16). The highest BCUT2D eigenvalue weighted by Gasteiger charge is 2.05. The summed E-state index contributed by atoms with van der Waals surface area (Å²) in [7, 11) is 3.83. The van der Waals surface area contributed by atoms with Crippen LogP contribution in [0, 0.1) is 12.3 Å². The molecule has 0 heterocycles. The fraction of sp³-hybridized carbons (Fsp3) is 0.500. The van der Waals surface area contributed by atoms with Gasteiger partial charge >= 0.3 is 0 Å². The lowest BCUT2D eigenvalue weighted by atomic mass is 10.0. The molecule has 4 nitrogen and oxygen atoms in total. The van der Waals surface area contributed by atoms with Crippen molar-refractivity contribution in [2.24, 2.45) is 5.73 Å². The molecule has 0 bridgehead atoms. The van der Waals surface area contributed by atoms with Crippen LogP contribution in [0.1, 0.15) is 23.1 Å². The van der Waals surface area contributed by atoms with Crippen molar-refractivity contribution in [2.75, 3.05) is 27.3 Å². The summed E-state index contributed by atoms with van der Waals surface area (Å²) < 4.78 is 5.04. The lowest BCUT2D eigenvalue weighted by Gasteiger charge is -2.18. The molecular formula is C14H23N3O. The van der Waals surface area contributed by atoms with Crippen molar-refractivity contribution in [1.29, 1.82) is 5.41 Å². The topological polar surface area (TPSA) is 62.3 Å². The van der Waals surface area contributed by atoms with E-state index in [1.165, 1.54) is 11.1 Å². The van der Waals surface area contributed by atoms with E-state index in [-0.39, 0.29) is 5.84 Å². The Bertz CT molecular complexity index is 404. The van der Waals surface area contributed by atoms with Gasteiger partial charge in [0, 0.05) is 32.4 Å². The zero-order valence-corrected chi connectivity index (χ0v) is 11.5. The molecule has 0 spiro atoms. The quantitative estimate of drug-likeness (QED) is 0.439. The first kappa shape index (κ1) is 14.7. The molecule has 0 amide bonds. The highest BCUT2D eigenvalue weighted by molar-refractivity contribution is 5.95. The highest BCUT2D eigenvalue weighted by atomic mass is 16.5. The summed E-state index contributed by atoms with van der Waals surface area (Å²) in [5, 5.41) is 7.41. The summed E-state index contributed by atoms with van der Waals surface area (Å²) in [6, 6.07) is 5.94. The van der Waals surface area contributed by atoms with Crippen LogP contribution in [0.25, 0.3) is 0 Å². The molecule has 0 aliphatic heterocycles. The smallest absolute Gasteiger partial charge is 0.122 e. The second-order valence-corrected chi connectivity index (χ2v) is 4.64. The molecule has 0 aliphatic rings. The summed E-state index contributed by atoms with van der Waals surface area (Å²) >= 11 is 0. The number of hydrogen-bond donors (Lipinski definition) is 2. The lowest BCUT2D eigenvalue weighted by molar-refractivity contribution is 0.178. The molecule has 0 saturated carbocycles. The Hall–Kier alpha value is -1.39. The Kier molecular flexibility index (Phi) is 5.82. The van der Waals surface area contributed by atoms with Gasteiger partial charge in [-0.15, -0.1) is 0 Å². The Morgan fingerprint density at radius 3 is 2.72 bits per heavy atom. The summed E-state index contributed by atoms with van der Waals surface area (Å²) in [6.07, 6.45) is 1.04. The summed E-state index contributed by atoms with van der Waals surface area (Å²) in [5.74, 6) is 0.123. The van der Waals surface area contributed by atoms with Crippen LogP contribution in [0.5, 0.6) is 0 Å². The number of hydrogen-bond acceptors (Lipinski definition) is 3. The molecule has 3 N–H and O–H groups in total. The highest BCUT2D eigenvalue weighted by Crippen LogP contribution is 2.13. The van der Waals surface area contributed by atoms with Gasteiger partial charge in [0.1, 0.15) is 5.84 Å². The number of nitrogen functional groups attached to an aromatic ring is 1. The Labute approximate surface area is 109 Å². The minimum absolute atomic E-state index is 0.123. The number of rotatable bonds is 7. The van der Waals surface area contributed by atoms with Gasteiger partial charge < -0.3 is 15.4 Å². The Morgan fingerprint density at radius 2 is 2.17 bits per heavy atom. The lowest BCUT2D eigenvalue weighted by Crippen LogP contribution is -2.21. The molecule has 0 aromatic heterocycles. The monoisotopic (exact) mass is 249 g/mol. The van der Waals surface area contributed by atoms with Gasteiger partial charge in [-0.1, -0.05) is 12.1 Å². The number of ether oxygens (including phenoxy) is 1.